The number of nitrogens with zero attached hydrogens (tertiary/aromatic N) is 1. The largest absolute Gasteiger partial charge is 0.573 e. The summed E-state index contributed by atoms with van der Waals surface area (Å²) in [6.45, 7) is 1.68. The van der Waals surface area contributed by atoms with Gasteiger partial charge in [0.2, 0.25) is 0 Å². The van der Waals surface area contributed by atoms with Crippen LogP contribution < -0.4 is 4.74 Å². The molecule has 1 heterocycles. The van der Waals surface area contributed by atoms with Crippen molar-refractivity contribution < 1.29 is 17.9 Å². The molecule has 18 heavy (non-hydrogen) atoms. The molecule has 0 fully saturated rings. The van der Waals surface area contributed by atoms with Crippen LogP contribution in [0.5, 0.6) is 5.75 Å². The van der Waals surface area contributed by atoms with Crippen LogP contribution in [0.25, 0.3) is 10.9 Å². The van der Waals surface area contributed by atoms with E-state index in [4.69, 9.17) is 11.6 Å². The first-order valence-electron chi connectivity index (χ1n) is 4.79. The summed E-state index contributed by atoms with van der Waals surface area (Å²) in [5, 5.41) is 0.819. The Morgan fingerprint density at radius 1 is 1.33 bits per heavy atom. The topological polar surface area (TPSA) is 22.1 Å². The molecule has 1 aromatic heterocycles. The molecule has 0 bridgehead atoms. The zero-order chi connectivity index (χ0) is 13.5. The number of fused-ring (bicyclic) bond motifs is 1. The number of aryl methyl sites for hydroxylation is 1. The van der Waals surface area contributed by atoms with Crippen LogP contribution in [-0.2, 0) is 0 Å². The van der Waals surface area contributed by atoms with E-state index in [0.717, 1.165) is 0 Å². The molecule has 96 valence electrons. The molecule has 1 aromatic carbocycles. The molecule has 7 heteroatoms. The van der Waals surface area contributed by atoms with Crippen molar-refractivity contribution in [3.8, 4) is 5.75 Å². The average Bonchev–Trinajstić information content (AvgIpc) is 2.25. The highest BCUT2D eigenvalue weighted by atomic mass is 127. The molecule has 0 aliphatic heterocycles. The minimum atomic E-state index is -4.75. The fourth-order valence-electron chi connectivity index (χ4n) is 1.52. The van der Waals surface area contributed by atoms with Crippen LogP contribution in [-0.4, -0.2) is 11.3 Å². The van der Waals surface area contributed by atoms with Crippen LogP contribution in [0.3, 0.4) is 0 Å². The molecule has 0 atom stereocenters. The summed E-state index contributed by atoms with van der Waals surface area (Å²) in [4.78, 5) is 4.10. The highest BCUT2D eigenvalue weighted by molar-refractivity contribution is 14.1. The van der Waals surface area contributed by atoms with Crippen LogP contribution in [0, 0.1) is 10.5 Å². The van der Waals surface area contributed by atoms with E-state index in [9.17, 15) is 13.2 Å². The Hall–Kier alpha value is -0.760. The molecule has 0 N–H and O–H groups in total. The van der Waals surface area contributed by atoms with E-state index in [2.05, 4.69) is 9.72 Å². The van der Waals surface area contributed by atoms with Crippen LogP contribution in [0.2, 0.25) is 5.02 Å². The van der Waals surface area contributed by atoms with E-state index in [1.165, 1.54) is 12.1 Å². The maximum atomic E-state index is 12.3. The van der Waals surface area contributed by atoms with Gasteiger partial charge in [0.1, 0.15) is 5.52 Å². The molecule has 2 aromatic rings. The number of rotatable bonds is 1. The quantitative estimate of drug-likeness (QED) is 0.662. The van der Waals surface area contributed by atoms with Crippen molar-refractivity contribution in [2.45, 2.75) is 13.3 Å². The fourth-order valence-corrected chi connectivity index (χ4v) is 2.22. The van der Waals surface area contributed by atoms with Gasteiger partial charge in [-0.15, -0.1) is 13.2 Å². The van der Waals surface area contributed by atoms with Gasteiger partial charge in [-0.3, -0.25) is 0 Å². The monoisotopic (exact) mass is 387 g/mol. The molecule has 0 saturated carbocycles. The van der Waals surface area contributed by atoms with Gasteiger partial charge in [0.25, 0.3) is 0 Å². The maximum absolute atomic E-state index is 12.3. The molecule has 0 aliphatic rings. The summed E-state index contributed by atoms with van der Waals surface area (Å²) in [5.41, 5.74) is 0.670. The molecule has 0 amide bonds. The number of pyridine rings is 1. The predicted molar refractivity (Wildman–Crippen MR) is 70.9 cm³/mol. The number of alkyl halides is 3. The Morgan fingerprint density at radius 2 is 2.00 bits per heavy atom. The van der Waals surface area contributed by atoms with Crippen molar-refractivity contribution in [2.75, 3.05) is 0 Å². The van der Waals surface area contributed by atoms with Crippen molar-refractivity contribution in [1.29, 1.82) is 0 Å². The zero-order valence-electron chi connectivity index (χ0n) is 8.98. The second-order valence-electron chi connectivity index (χ2n) is 3.53. The third-order valence-electron chi connectivity index (χ3n) is 2.25. The standard InChI is InChI=1S/C11H6ClF3INO/c1-5-9(16)8(12)6-3-2-4-7(10(6)17-5)18-11(13,14)15/h2-4H,1H3. The molecular formula is C11H6ClF3INO. The first-order chi connectivity index (χ1) is 8.29. The molecule has 0 aliphatic carbocycles. The van der Waals surface area contributed by atoms with Crippen molar-refractivity contribution in [3.63, 3.8) is 0 Å². The lowest BCUT2D eigenvalue weighted by molar-refractivity contribution is -0.274. The lowest BCUT2D eigenvalue weighted by Gasteiger charge is -2.12. The predicted octanol–water partition coefficient (Wildman–Crippen LogP) is 4.70. The van der Waals surface area contributed by atoms with Crippen LogP contribution in [0.4, 0.5) is 13.2 Å². The number of halogens is 5. The van der Waals surface area contributed by atoms with E-state index in [1.54, 1.807) is 13.0 Å². The Kier molecular flexibility index (Phi) is 3.59. The van der Waals surface area contributed by atoms with E-state index in [-0.39, 0.29) is 11.3 Å². The number of aromatic nitrogens is 1. The van der Waals surface area contributed by atoms with Gasteiger partial charge < -0.3 is 4.74 Å². The van der Waals surface area contributed by atoms with Crippen LogP contribution >= 0.6 is 34.2 Å². The average molecular weight is 388 g/mol. The Morgan fingerprint density at radius 3 is 2.61 bits per heavy atom. The SMILES string of the molecule is Cc1nc2c(OC(F)(F)F)cccc2c(Cl)c1I. The first kappa shape index (κ1) is 13.7. The van der Waals surface area contributed by atoms with Crippen molar-refractivity contribution >= 4 is 45.1 Å². The van der Waals surface area contributed by atoms with Crippen molar-refractivity contribution in [1.82, 2.24) is 4.98 Å². The number of hydrogen-bond donors (Lipinski definition) is 0. The van der Waals surface area contributed by atoms with Gasteiger partial charge >= 0.3 is 6.36 Å². The minimum Gasteiger partial charge on any atom is -0.403 e. The molecule has 0 saturated heterocycles. The first-order valence-corrected chi connectivity index (χ1v) is 6.25. The van der Waals surface area contributed by atoms with Crippen molar-refractivity contribution in [2.24, 2.45) is 0 Å². The van der Waals surface area contributed by atoms with E-state index in [1.807, 2.05) is 22.6 Å². The summed E-state index contributed by atoms with van der Waals surface area (Å²) >= 11 is 8.09. The molecule has 0 radical (unpaired) electrons. The van der Waals surface area contributed by atoms with Gasteiger partial charge in [0, 0.05) is 5.39 Å². The highest BCUT2D eigenvalue weighted by Gasteiger charge is 2.32. The second-order valence-corrected chi connectivity index (χ2v) is 4.98. The lowest BCUT2D eigenvalue weighted by atomic mass is 10.2. The Balaban J connectivity index is 2.70. The molecule has 0 spiro atoms. The number of para-hydroxylation sites is 1. The van der Waals surface area contributed by atoms with Crippen molar-refractivity contribution in [3.05, 3.63) is 32.5 Å². The summed E-state index contributed by atoms with van der Waals surface area (Å²) in [6, 6.07) is 4.27. The molecule has 2 rings (SSSR count). The third-order valence-corrected chi connectivity index (χ3v) is 4.28. The summed E-state index contributed by atoms with van der Waals surface area (Å²) in [7, 11) is 0. The Labute approximate surface area is 119 Å². The van der Waals surface area contributed by atoms with E-state index in [0.29, 0.717) is 19.7 Å². The third kappa shape index (κ3) is 2.64. The molecule has 0 unspecified atom stereocenters. The van der Waals surface area contributed by atoms with Gasteiger partial charge in [-0.25, -0.2) is 4.98 Å². The van der Waals surface area contributed by atoms with E-state index < -0.39 is 6.36 Å². The van der Waals surface area contributed by atoms with Gasteiger partial charge in [-0.2, -0.15) is 0 Å². The van der Waals surface area contributed by atoms with Crippen LogP contribution in [0.15, 0.2) is 18.2 Å². The van der Waals surface area contributed by atoms with E-state index >= 15 is 0 Å². The number of hydrogen-bond acceptors (Lipinski definition) is 2. The van der Waals surface area contributed by atoms with Gasteiger partial charge in [0.15, 0.2) is 5.75 Å². The highest BCUT2D eigenvalue weighted by Crippen LogP contribution is 2.35. The lowest BCUT2D eigenvalue weighted by Crippen LogP contribution is -2.17. The molecule has 2 nitrogen and oxygen atoms in total. The number of ether oxygens (including phenoxy) is 1. The second kappa shape index (κ2) is 4.73. The summed E-state index contributed by atoms with van der Waals surface area (Å²) in [6.07, 6.45) is -4.75. The van der Waals surface area contributed by atoms with Gasteiger partial charge in [-0.05, 0) is 35.6 Å². The fraction of sp³-hybridized carbons (Fsp3) is 0.182. The van der Waals surface area contributed by atoms with Gasteiger partial charge in [0.05, 0.1) is 14.3 Å². The maximum Gasteiger partial charge on any atom is 0.573 e. The zero-order valence-corrected chi connectivity index (χ0v) is 11.9. The summed E-state index contributed by atoms with van der Waals surface area (Å²) < 4.78 is 41.5. The molecular weight excluding hydrogens is 381 g/mol. The number of benzene rings is 1. The Bertz CT molecular complexity index is 615. The van der Waals surface area contributed by atoms with Gasteiger partial charge in [-0.1, -0.05) is 23.7 Å². The normalized spacial score (nSPS) is 11.9. The minimum absolute atomic E-state index is 0.109. The van der Waals surface area contributed by atoms with Crippen LogP contribution in [0.1, 0.15) is 5.69 Å². The summed E-state index contributed by atoms with van der Waals surface area (Å²) in [5.74, 6) is -0.346. The smallest absolute Gasteiger partial charge is 0.403 e.